The van der Waals surface area contributed by atoms with Crippen molar-refractivity contribution in [1.82, 2.24) is 9.80 Å². The Morgan fingerprint density at radius 1 is 0.667 bits per heavy atom. The molecule has 1 aliphatic carbocycles. The zero-order valence-electron chi connectivity index (χ0n) is 9.53. The van der Waals surface area contributed by atoms with Crippen LogP contribution in [-0.4, -0.2) is 61.3 Å². The zero-order valence-corrected chi connectivity index (χ0v) is 9.53. The highest BCUT2D eigenvalue weighted by atomic mass is 16.5. The normalized spacial score (nSPS) is 32.0. The van der Waals surface area contributed by atoms with Crippen molar-refractivity contribution >= 4 is 0 Å². The molecule has 0 atom stereocenters. The fraction of sp³-hybridized carbons (Fsp3) is 1.00. The second kappa shape index (κ2) is 4.40. The summed E-state index contributed by atoms with van der Waals surface area (Å²) in [6, 6.07) is 1.82. The third-order valence-corrected chi connectivity index (χ3v) is 4.12. The summed E-state index contributed by atoms with van der Waals surface area (Å²) in [6.07, 6.45) is 5.69. The van der Waals surface area contributed by atoms with E-state index in [4.69, 9.17) is 4.74 Å². The predicted molar refractivity (Wildman–Crippen MR) is 60.0 cm³/mol. The van der Waals surface area contributed by atoms with Crippen molar-refractivity contribution in [2.24, 2.45) is 0 Å². The SMILES string of the molecule is C1CN(C2CCN(C3CC3)CC2)CCO1. The number of likely N-dealkylation sites (tertiary alicyclic amines) is 1. The van der Waals surface area contributed by atoms with Gasteiger partial charge in [0.2, 0.25) is 0 Å². The average Bonchev–Trinajstić information content (AvgIpc) is 3.15. The monoisotopic (exact) mass is 210 g/mol. The Kier molecular flexibility index (Phi) is 2.95. The molecule has 3 aliphatic rings. The van der Waals surface area contributed by atoms with Gasteiger partial charge in [-0.15, -0.1) is 0 Å². The minimum Gasteiger partial charge on any atom is -0.379 e. The van der Waals surface area contributed by atoms with Crippen LogP contribution >= 0.6 is 0 Å². The van der Waals surface area contributed by atoms with Gasteiger partial charge in [-0.05, 0) is 38.8 Å². The van der Waals surface area contributed by atoms with Crippen molar-refractivity contribution in [1.29, 1.82) is 0 Å². The summed E-state index contributed by atoms with van der Waals surface area (Å²) in [5.41, 5.74) is 0. The first-order chi connectivity index (χ1) is 7.43. The molecule has 3 fully saturated rings. The molecule has 3 nitrogen and oxygen atoms in total. The highest BCUT2D eigenvalue weighted by Crippen LogP contribution is 2.30. The third kappa shape index (κ3) is 2.35. The van der Waals surface area contributed by atoms with E-state index in [0.717, 1.165) is 38.4 Å². The minimum atomic E-state index is 0.851. The number of rotatable bonds is 2. The largest absolute Gasteiger partial charge is 0.379 e. The summed E-state index contributed by atoms with van der Waals surface area (Å²) in [5, 5.41) is 0. The van der Waals surface area contributed by atoms with Crippen molar-refractivity contribution in [2.45, 2.75) is 37.8 Å². The molecule has 15 heavy (non-hydrogen) atoms. The Morgan fingerprint density at radius 3 is 1.80 bits per heavy atom. The van der Waals surface area contributed by atoms with Gasteiger partial charge in [-0.2, -0.15) is 0 Å². The van der Waals surface area contributed by atoms with Crippen LogP contribution in [0.15, 0.2) is 0 Å². The van der Waals surface area contributed by atoms with E-state index in [2.05, 4.69) is 9.80 Å². The highest BCUT2D eigenvalue weighted by Gasteiger charge is 2.33. The Bertz CT molecular complexity index is 204. The van der Waals surface area contributed by atoms with E-state index < -0.39 is 0 Å². The molecule has 0 spiro atoms. The van der Waals surface area contributed by atoms with Gasteiger partial charge in [0.1, 0.15) is 0 Å². The number of nitrogens with zero attached hydrogens (tertiary/aromatic N) is 2. The molecule has 86 valence electrons. The first-order valence-corrected chi connectivity index (χ1v) is 6.49. The molecule has 1 saturated carbocycles. The molecule has 0 bridgehead atoms. The van der Waals surface area contributed by atoms with E-state index in [-0.39, 0.29) is 0 Å². The van der Waals surface area contributed by atoms with Gasteiger partial charge in [-0.1, -0.05) is 0 Å². The van der Waals surface area contributed by atoms with Crippen LogP contribution in [0.25, 0.3) is 0 Å². The van der Waals surface area contributed by atoms with Crippen molar-refractivity contribution in [3.05, 3.63) is 0 Å². The summed E-state index contributed by atoms with van der Waals surface area (Å²) in [7, 11) is 0. The maximum Gasteiger partial charge on any atom is 0.0594 e. The molecule has 3 rings (SSSR count). The van der Waals surface area contributed by atoms with Gasteiger partial charge in [0.15, 0.2) is 0 Å². The van der Waals surface area contributed by atoms with Crippen LogP contribution < -0.4 is 0 Å². The van der Waals surface area contributed by atoms with E-state index in [1.807, 2.05) is 0 Å². The van der Waals surface area contributed by atoms with E-state index >= 15 is 0 Å². The van der Waals surface area contributed by atoms with Gasteiger partial charge in [0.25, 0.3) is 0 Å². The van der Waals surface area contributed by atoms with Gasteiger partial charge in [0, 0.05) is 25.2 Å². The fourth-order valence-corrected chi connectivity index (χ4v) is 3.00. The molecule has 0 amide bonds. The van der Waals surface area contributed by atoms with Crippen LogP contribution in [0.4, 0.5) is 0 Å². The topological polar surface area (TPSA) is 15.7 Å². The summed E-state index contributed by atoms with van der Waals surface area (Å²) in [5.74, 6) is 0. The number of piperidine rings is 1. The Balaban J connectivity index is 1.47. The number of hydrogen-bond acceptors (Lipinski definition) is 3. The molecule has 0 unspecified atom stereocenters. The highest BCUT2D eigenvalue weighted by molar-refractivity contribution is 4.89. The van der Waals surface area contributed by atoms with Crippen LogP contribution in [0.3, 0.4) is 0 Å². The maximum absolute atomic E-state index is 5.41. The maximum atomic E-state index is 5.41. The lowest BCUT2D eigenvalue weighted by atomic mass is 10.0. The van der Waals surface area contributed by atoms with Crippen LogP contribution in [0.5, 0.6) is 0 Å². The van der Waals surface area contributed by atoms with Gasteiger partial charge < -0.3 is 9.64 Å². The lowest BCUT2D eigenvalue weighted by molar-refractivity contribution is 0.000200. The second-order valence-electron chi connectivity index (χ2n) is 5.15. The lowest BCUT2D eigenvalue weighted by Crippen LogP contribution is -2.49. The van der Waals surface area contributed by atoms with Crippen molar-refractivity contribution < 1.29 is 4.74 Å². The van der Waals surface area contributed by atoms with Crippen molar-refractivity contribution in [3.63, 3.8) is 0 Å². The first-order valence-electron chi connectivity index (χ1n) is 6.49. The number of ether oxygens (including phenoxy) is 1. The Morgan fingerprint density at radius 2 is 1.20 bits per heavy atom. The molecule has 2 heterocycles. The molecule has 3 heteroatoms. The Hall–Kier alpha value is -0.120. The van der Waals surface area contributed by atoms with Crippen LogP contribution in [-0.2, 0) is 4.74 Å². The van der Waals surface area contributed by atoms with E-state index in [9.17, 15) is 0 Å². The molecular formula is C12H22N2O. The molecule has 0 aromatic carbocycles. The van der Waals surface area contributed by atoms with Gasteiger partial charge in [-0.3, -0.25) is 4.90 Å². The summed E-state index contributed by atoms with van der Waals surface area (Å²) < 4.78 is 5.41. The Labute approximate surface area is 92.4 Å². The van der Waals surface area contributed by atoms with Crippen molar-refractivity contribution in [3.8, 4) is 0 Å². The summed E-state index contributed by atoms with van der Waals surface area (Å²) in [4.78, 5) is 5.35. The molecule has 2 saturated heterocycles. The van der Waals surface area contributed by atoms with Gasteiger partial charge in [-0.25, -0.2) is 0 Å². The molecular weight excluding hydrogens is 188 g/mol. The quantitative estimate of drug-likeness (QED) is 0.675. The van der Waals surface area contributed by atoms with Crippen LogP contribution in [0, 0.1) is 0 Å². The molecule has 2 aliphatic heterocycles. The van der Waals surface area contributed by atoms with Crippen molar-refractivity contribution in [2.75, 3.05) is 39.4 Å². The van der Waals surface area contributed by atoms with Crippen LogP contribution in [0.2, 0.25) is 0 Å². The number of morpholine rings is 1. The van der Waals surface area contributed by atoms with Crippen LogP contribution in [0.1, 0.15) is 25.7 Å². The molecule has 0 aromatic rings. The molecule has 0 aromatic heterocycles. The standard InChI is InChI=1S/C12H22N2O/c1-2-11(1)13-5-3-12(4-6-13)14-7-9-15-10-8-14/h11-12H,1-10H2. The van der Waals surface area contributed by atoms with E-state index in [0.29, 0.717) is 0 Å². The first kappa shape index (κ1) is 10.1. The molecule has 0 N–H and O–H groups in total. The predicted octanol–water partition coefficient (Wildman–Crippen LogP) is 0.945. The smallest absolute Gasteiger partial charge is 0.0594 e. The fourth-order valence-electron chi connectivity index (χ4n) is 3.00. The second-order valence-corrected chi connectivity index (χ2v) is 5.15. The van der Waals surface area contributed by atoms with E-state index in [1.54, 1.807) is 0 Å². The molecule has 0 radical (unpaired) electrons. The summed E-state index contributed by atoms with van der Waals surface area (Å²) >= 11 is 0. The summed E-state index contributed by atoms with van der Waals surface area (Å²) in [6.45, 7) is 6.90. The minimum absolute atomic E-state index is 0.851. The zero-order chi connectivity index (χ0) is 10.1. The lowest BCUT2D eigenvalue weighted by Gasteiger charge is -2.40. The average molecular weight is 210 g/mol. The van der Waals surface area contributed by atoms with E-state index in [1.165, 1.54) is 38.8 Å². The van der Waals surface area contributed by atoms with Gasteiger partial charge in [0.05, 0.1) is 13.2 Å². The van der Waals surface area contributed by atoms with Gasteiger partial charge >= 0.3 is 0 Å². The number of hydrogen-bond donors (Lipinski definition) is 0. The third-order valence-electron chi connectivity index (χ3n) is 4.12.